The van der Waals surface area contributed by atoms with E-state index in [-0.39, 0.29) is 0 Å². The lowest BCUT2D eigenvalue weighted by atomic mass is 9.52. The summed E-state index contributed by atoms with van der Waals surface area (Å²) >= 11 is 0. The number of hydrogen-bond acceptors (Lipinski definition) is 4. The Kier molecular flexibility index (Phi) is 2.35. The number of pyridine rings is 1. The van der Waals surface area contributed by atoms with E-state index in [1.165, 1.54) is 18.4 Å². The number of nitrogens with two attached hydrogens (primary N) is 1. The van der Waals surface area contributed by atoms with Crippen LogP contribution in [0.1, 0.15) is 49.4 Å². The third-order valence-corrected chi connectivity index (χ3v) is 6.96. The van der Waals surface area contributed by atoms with Gasteiger partial charge in [-0.1, -0.05) is 12.2 Å². The van der Waals surface area contributed by atoms with Crippen molar-refractivity contribution in [3.63, 3.8) is 0 Å². The molecule has 0 spiro atoms. The highest BCUT2D eigenvalue weighted by atomic mass is 16.3. The van der Waals surface area contributed by atoms with Crippen molar-refractivity contribution < 1.29 is 5.11 Å². The highest BCUT2D eigenvalue weighted by molar-refractivity contribution is 5.95. The van der Waals surface area contributed by atoms with E-state index in [1.54, 1.807) is 0 Å². The van der Waals surface area contributed by atoms with Crippen LogP contribution in [-0.2, 0) is 6.42 Å². The van der Waals surface area contributed by atoms with Gasteiger partial charge in [0.05, 0.1) is 28.2 Å². The second-order valence-electron chi connectivity index (χ2n) is 8.50. The van der Waals surface area contributed by atoms with Crippen LogP contribution in [-0.4, -0.2) is 25.5 Å². The standard InChI is InChI=1S/C19H22N4O/c20-18-14-9-21-15-3-1-2-13(15)17(14)23(22-18)16-11-4-10-5-12(16)8-19(24,6-10)7-11/h1-2,9-12,16,24H,3-8H2,(H2,20,22). The van der Waals surface area contributed by atoms with Gasteiger partial charge in [-0.15, -0.1) is 0 Å². The van der Waals surface area contributed by atoms with Crippen molar-refractivity contribution in [1.29, 1.82) is 0 Å². The predicted molar refractivity (Wildman–Crippen MR) is 92.2 cm³/mol. The summed E-state index contributed by atoms with van der Waals surface area (Å²) in [6, 6.07) is 0.377. The summed E-state index contributed by atoms with van der Waals surface area (Å²) in [7, 11) is 0. The molecule has 0 radical (unpaired) electrons. The van der Waals surface area contributed by atoms with Gasteiger partial charge in [0.25, 0.3) is 0 Å². The monoisotopic (exact) mass is 322 g/mol. The van der Waals surface area contributed by atoms with E-state index in [9.17, 15) is 5.11 Å². The molecule has 2 unspecified atom stereocenters. The van der Waals surface area contributed by atoms with E-state index in [0.717, 1.165) is 42.3 Å². The van der Waals surface area contributed by atoms with E-state index in [4.69, 9.17) is 10.8 Å². The largest absolute Gasteiger partial charge is 0.390 e. The number of hydrogen-bond donors (Lipinski definition) is 2. The lowest BCUT2D eigenvalue weighted by Gasteiger charge is -2.57. The van der Waals surface area contributed by atoms with Gasteiger partial charge in [0.1, 0.15) is 0 Å². The number of rotatable bonds is 1. The molecule has 4 fully saturated rings. The molecule has 24 heavy (non-hydrogen) atoms. The summed E-state index contributed by atoms with van der Waals surface area (Å²) in [4.78, 5) is 4.57. The number of anilines is 1. The number of allylic oxidation sites excluding steroid dienone is 1. The number of fused-ring (bicyclic) bond motifs is 3. The van der Waals surface area contributed by atoms with Crippen molar-refractivity contribution in [1.82, 2.24) is 14.8 Å². The molecule has 2 heterocycles. The fourth-order valence-electron chi connectivity index (χ4n) is 6.40. The van der Waals surface area contributed by atoms with E-state index in [0.29, 0.717) is 29.6 Å². The lowest BCUT2D eigenvalue weighted by Crippen LogP contribution is -2.55. The van der Waals surface area contributed by atoms with Crippen LogP contribution in [0.2, 0.25) is 0 Å². The van der Waals surface area contributed by atoms with Crippen molar-refractivity contribution in [2.45, 2.75) is 50.2 Å². The molecule has 124 valence electrons. The molecule has 4 bridgehead atoms. The molecule has 5 aliphatic carbocycles. The number of nitrogen functional groups attached to an aromatic ring is 1. The Bertz CT molecular complexity index is 882. The van der Waals surface area contributed by atoms with Crippen LogP contribution in [0.5, 0.6) is 0 Å². The second kappa shape index (κ2) is 4.20. The Labute approximate surface area is 140 Å². The highest BCUT2D eigenvalue weighted by Gasteiger charge is 2.55. The van der Waals surface area contributed by atoms with E-state index < -0.39 is 5.60 Å². The smallest absolute Gasteiger partial charge is 0.154 e. The second-order valence-corrected chi connectivity index (χ2v) is 8.50. The average Bonchev–Trinajstić information content (AvgIpc) is 3.10. The summed E-state index contributed by atoms with van der Waals surface area (Å²) < 4.78 is 2.22. The Morgan fingerprint density at radius 2 is 2.00 bits per heavy atom. The summed E-state index contributed by atoms with van der Waals surface area (Å²) in [5.74, 6) is 2.35. The van der Waals surface area contributed by atoms with E-state index >= 15 is 0 Å². The van der Waals surface area contributed by atoms with Crippen molar-refractivity contribution in [3.05, 3.63) is 23.5 Å². The number of aliphatic hydroxyl groups is 1. The van der Waals surface area contributed by atoms with E-state index in [1.807, 2.05) is 6.20 Å². The number of nitrogens with zero attached hydrogens (tertiary/aromatic N) is 3. The minimum atomic E-state index is -0.412. The lowest BCUT2D eigenvalue weighted by molar-refractivity contribution is -0.148. The average molecular weight is 322 g/mol. The molecule has 7 rings (SSSR count). The SMILES string of the molecule is Nc1nn(C2C3CC4CC2CC(O)(C4)C3)c2c3c(ncc12)CC=C3. The topological polar surface area (TPSA) is 77.0 Å². The minimum Gasteiger partial charge on any atom is -0.390 e. The van der Waals surface area contributed by atoms with Gasteiger partial charge in [-0.25, -0.2) is 0 Å². The first-order chi connectivity index (χ1) is 11.6. The Balaban J connectivity index is 1.56. The van der Waals surface area contributed by atoms with Gasteiger partial charge in [-0.05, 0) is 49.9 Å². The fraction of sp³-hybridized carbons (Fsp3) is 0.579. The summed E-state index contributed by atoms with van der Waals surface area (Å²) in [5.41, 5.74) is 9.32. The van der Waals surface area contributed by atoms with Crippen LogP contribution >= 0.6 is 0 Å². The Hall–Kier alpha value is -1.88. The van der Waals surface area contributed by atoms with Crippen LogP contribution in [0, 0.1) is 17.8 Å². The predicted octanol–water partition coefficient (Wildman–Crippen LogP) is 2.69. The minimum absolute atomic E-state index is 0.377. The molecule has 0 aliphatic heterocycles. The summed E-state index contributed by atoms with van der Waals surface area (Å²) in [6.07, 6.45) is 12.5. The molecule has 0 saturated heterocycles. The zero-order chi connectivity index (χ0) is 16.1. The van der Waals surface area contributed by atoms with Gasteiger partial charge in [-0.2, -0.15) is 5.10 Å². The summed E-state index contributed by atoms with van der Waals surface area (Å²) in [6.45, 7) is 0. The molecule has 5 aliphatic rings. The van der Waals surface area contributed by atoms with E-state index in [2.05, 4.69) is 21.8 Å². The maximum absolute atomic E-state index is 10.9. The molecular weight excluding hydrogens is 300 g/mol. The first kappa shape index (κ1) is 13.4. The van der Waals surface area contributed by atoms with Crippen LogP contribution in [0.25, 0.3) is 17.0 Å². The molecule has 2 aromatic heterocycles. The molecule has 2 aromatic rings. The number of aromatic nitrogens is 3. The highest BCUT2D eigenvalue weighted by Crippen LogP contribution is 2.60. The van der Waals surface area contributed by atoms with Gasteiger partial charge in [0.2, 0.25) is 0 Å². The van der Waals surface area contributed by atoms with Gasteiger partial charge >= 0.3 is 0 Å². The van der Waals surface area contributed by atoms with Gasteiger partial charge < -0.3 is 10.8 Å². The van der Waals surface area contributed by atoms with Crippen LogP contribution in [0.4, 0.5) is 5.82 Å². The van der Waals surface area contributed by atoms with Gasteiger partial charge in [0, 0.05) is 18.2 Å². The zero-order valence-corrected chi connectivity index (χ0v) is 13.7. The summed E-state index contributed by atoms with van der Waals surface area (Å²) in [5, 5.41) is 16.6. The first-order valence-electron chi connectivity index (χ1n) is 9.16. The molecule has 5 nitrogen and oxygen atoms in total. The molecule has 5 heteroatoms. The Morgan fingerprint density at radius 3 is 2.75 bits per heavy atom. The third-order valence-electron chi connectivity index (χ3n) is 6.96. The molecule has 4 saturated carbocycles. The molecular formula is C19H22N4O. The van der Waals surface area contributed by atoms with Gasteiger partial charge in [-0.3, -0.25) is 9.67 Å². The van der Waals surface area contributed by atoms with Crippen molar-refractivity contribution in [2.75, 3.05) is 5.73 Å². The first-order valence-corrected chi connectivity index (χ1v) is 9.16. The maximum Gasteiger partial charge on any atom is 0.154 e. The molecule has 0 amide bonds. The zero-order valence-electron chi connectivity index (χ0n) is 13.7. The van der Waals surface area contributed by atoms with Crippen molar-refractivity contribution in [3.8, 4) is 0 Å². The van der Waals surface area contributed by atoms with Crippen LogP contribution in [0.15, 0.2) is 12.3 Å². The van der Waals surface area contributed by atoms with Crippen molar-refractivity contribution in [2.24, 2.45) is 17.8 Å². The molecule has 2 atom stereocenters. The molecule has 3 N–H and O–H groups in total. The van der Waals surface area contributed by atoms with Crippen LogP contribution in [0.3, 0.4) is 0 Å². The van der Waals surface area contributed by atoms with Crippen LogP contribution < -0.4 is 5.73 Å². The fourth-order valence-corrected chi connectivity index (χ4v) is 6.40. The third kappa shape index (κ3) is 1.59. The maximum atomic E-state index is 10.9. The van der Waals surface area contributed by atoms with Crippen molar-refractivity contribution >= 4 is 22.8 Å². The normalized spacial score (nSPS) is 39.0. The quantitative estimate of drug-likeness (QED) is 0.846. The Morgan fingerprint density at radius 1 is 1.21 bits per heavy atom. The molecule has 0 aromatic carbocycles. The van der Waals surface area contributed by atoms with Gasteiger partial charge in [0.15, 0.2) is 5.82 Å².